The smallest absolute Gasteiger partial charge is 0.278 e. The quantitative estimate of drug-likeness (QED) is 0.0665. The number of rotatable bonds is 10. The molecule has 1 amide bonds. The molecule has 0 aliphatic heterocycles. The Morgan fingerprint density at radius 1 is 0.673 bits per heavy atom. The summed E-state index contributed by atoms with van der Waals surface area (Å²) in [5.41, 5.74) is 28.6. The predicted molar refractivity (Wildman–Crippen MR) is 214 cm³/mol. The van der Waals surface area contributed by atoms with Crippen LogP contribution in [0.15, 0.2) is 54.6 Å². The molecule has 3 aliphatic rings. The number of nitro benzene ring substituents is 2. The van der Waals surface area contributed by atoms with Gasteiger partial charge in [0.2, 0.25) is 25.0 Å². The van der Waals surface area contributed by atoms with Gasteiger partial charge in [0.1, 0.15) is 0 Å². The van der Waals surface area contributed by atoms with Gasteiger partial charge in [0, 0.05) is 58.2 Å². The average molecular weight is 850 g/mol. The summed E-state index contributed by atoms with van der Waals surface area (Å²) in [7, 11) is -3.29. The summed E-state index contributed by atoms with van der Waals surface area (Å²) in [5.74, 6) is -0.235. The number of nitrogens with one attached hydrogen (secondary N) is 2. The minimum atomic E-state index is -3.38. The summed E-state index contributed by atoms with van der Waals surface area (Å²) >= 11 is 0. The van der Waals surface area contributed by atoms with E-state index < -0.39 is 38.8 Å². The summed E-state index contributed by atoms with van der Waals surface area (Å²) in [6.07, 6.45) is 4.27. The maximum Gasteiger partial charge on any atom is 0.278 e. The van der Waals surface area contributed by atoms with Crippen molar-refractivity contribution in [1.82, 2.24) is 0 Å². The molecule has 6 rings (SSSR count). The van der Waals surface area contributed by atoms with Crippen LogP contribution >= 0.6 is 10.7 Å². The average Bonchev–Trinajstić information content (AvgIpc) is 3.89. The highest BCUT2D eigenvalue weighted by molar-refractivity contribution is 8.14. The zero-order valence-corrected chi connectivity index (χ0v) is 33.0. The van der Waals surface area contributed by atoms with Crippen molar-refractivity contribution in [2.75, 3.05) is 40.0 Å². The van der Waals surface area contributed by atoms with Crippen LogP contribution in [-0.4, -0.2) is 63.8 Å². The Morgan fingerprint density at radius 2 is 1.09 bits per heavy atom. The van der Waals surface area contributed by atoms with E-state index in [2.05, 4.69) is 15.8 Å². The SMILES string of the molecule is CC(=O)Nc1cc(N)cc(N)c1.CN.Nc1cc(CS(=O)(=O)C2CC2)cc(NS(=O)(=O)C2CC2)c1.Nc1cc([N+](=O)[O-])cc([N+](=O)[O-])c1.O=S(=O)(Cl)C1CC1. The molecule has 3 aromatic carbocycles. The van der Waals surface area contributed by atoms with Gasteiger partial charge in [0.25, 0.3) is 11.4 Å². The Balaban J connectivity index is 0.000000267. The van der Waals surface area contributed by atoms with Crippen LogP contribution in [0, 0.1) is 20.2 Å². The molecule has 0 radical (unpaired) electrons. The van der Waals surface area contributed by atoms with Crippen molar-refractivity contribution in [3.05, 3.63) is 80.4 Å². The van der Waals surface area contributed by atoms with Crippen LogP contribution in [0.5, 0.6) is 0 Å². The van der Waals surface area contributed by atoms with E-state index in [1.165, 1.54) is 20.0 Å². The highest BCUT2D eigenvalue weighted by Crippen LogP contribution is 2.33. The molecular formula is C31H44ClN9O11S3. The van der Waals surface area contributed by atoms with Crippen molar-refractivity contribution in [2.45, 2.75) is 67.0 Å². The first-order chi connectivity index (χ1) is 25.4. The van der Waals surface area contributed by atoms with Crippen molar-refractivity contribution < 1.29 is 39.9 Å². The van der Waals surface area contributed by atoms with Crippen LogP contribution in [0.4, 0.5) is 45.5 Å². The molecule has 55 heavy (non-hydrogen) atoms. The Kier molecular flexibility index (Phi) is 16.4. The van der Waals surface area contributed by atoms with Crippen LogP contribution < -0.4 is 38.7 Å². The zero-order chi connectivity index (χ0) is 41.9. The van der Waals surface area contributed by atoms with Gasteiger partial charge < -0.3 is 34.0 Å². The van der Waals surface area contributed by atoms with Crippen molar-refractivity contribution >= 4 is 91.0 Å². The number of nitro groups is 2. The van der Waals surface area contributed by atoms with Crippen LogP contribution in [0.1, 0.15) is 51.0 Å². The van der Waals surface area contributed by atoms with E-state index >= 15 is 0 Å². The van der Waals surface area contributed by atoms with Crippen LogP contribution in [0.25, 0.3) is 0 Å². The fourth-order valence-corrected chi connectivity index (χ4v) is 8.72. The minimum absolute atomic E-state index is 0.000833. The summed E-state index contributed by atoms with van der Waals surface area (Å²) in [6, 6.07) is 12.6. The predicted octanol–water partition coefficient (Wildman–Crippen LogP) is 3.44. The zero-order valence-electron chi connectivity index (χ0n) is 29.8. The maximum absolute atomic E-state index is 12.0. The fraction of sp³-hybridized carbons (Fsp3) is 0.387. The molecule has 12 N–H and O–H groups in total. The molecule has 0 aromatic heterocycles. The Hall–Kier alpha value is -4.97. The number of nitrogen functional groups attached to an aromatic ring is 4. The van der Waals surface area contributed by atoms with Crippen molar-refractivity contribution in [3.8, 4) is 0 Å². The lowest BCUT2D eigenvalue weighted by molar-refractivity contribution is -0.394. The number of amides is 1. The highest BCUT2D eigenvalue weighted by atomic mass is 35.7. The highest BCUT2D eigenvalue weighted by Gasteiger charge is 2.37. The van der Waals surface area contributed by atoms with Gasteiger partial charge in [0.05, 0.1) is 43.1 Å². The standard InChI is InChI=1S/C13H18N2O4S2.C8H11N3O.C6H5N3O4.C3H5ClO2S.CH5N/c14-10-5-9(8-20(16,17)12-1-2-12)6-11(7-10)15-21(18,19)13-3-4-13;1-5(12)11-8-3-6(9)2-7(10)4-8;7-4-1-5(8(10)11)3-6(2-4)9(12)13;4-7(5,6)3-1-2-3;1-2/h5-7,12-13,15H,1-4,8,14H2;2-4H,9-10H2,1H3,(H,11,12);1-3H,7H2;3H,1-2H2;2H2,1H3. The molecular weight excluding hydrogens is 806 g/mol. The van der Waals surface area contributed by atoms with E-state index in [1.807, 2.05) is 0 Å². The topological polar surface area (TPSA) is 360 Å². The number of hydrogen-bond donors (Lipinski definition) is 7. The second-order valence-electron chi connectivity index (χ2n) is 12.4. The molecule has 0 spiro atoms. The second-order valence-corrected chi connectivity index (χ2v) is 19.5. The summed E-state index contributed by atoms with van der Waals surface area (Å²) in [5, 5.41) is 22.3. The molecule has 0 heterocycles. The Morgan fingerprint density at radius 3 is 1.47 bits per heavy atom. The third kappa shape index (κ3) is 16.9. The molecule has 24 heteroatoms. The van der Waals surface area contributed by atoms with Gasteiger partial charge in [-0.15, -0.1) is 0 Å². The number of carbonyl (C=O) groups is 1. The number of nitrogens with two attached hydrogens (primary N) is 5. The lowest BCUT2D eigenvalue weighted by Gasteiger charge is -2.10. The molecule has 0 bridgehead atoms. The first kappa shape index (κ1) is 46.2. The molecule has 0 unspecified atom stereocenters. The number of nitrogens with zero attached hydrogens (tertiary/aromatic N) is 2. The van der Waals surface area contributed by atoms with E-state index in [9.17, 15) is 50.3 Å². The summed E-state index contributed by atoms with van der Waals surface area (Å²) < 4.78 is 70.7. The van der Waals surface area contributed by atoms with Crippen molar-refractivity contribution in [3.63, 3.8) is 0 Å². The van der Waals surface area contributed by atoms with E-state index in [0.717, 1.165) is 31.0 Å². The summed E-state index contributed by atoms with van der Waals surface area (Å²) in [6.45, 7) is 1.43. The monoisotopic (exact) mass is 849 g/mol. The molecule has 20 nitrogen and oxygen atoms in total. The third-order valence-corrected chi connectivity index (χ3v) is 13.3. The normalized spacial score (nSPS) is 14.7. The Labute approximate surface area is 322 Å². The Bertz CT molecular complexity index is 2080. The van der Waals surface area contributed by atoms with Crippen LogP contribution in [0.2, 0.25) is 0 Å². The molecule has 0 atom stereocenters. The molecule has 304 valence electrons. The van der Waals surface area contributed by atoms with Gasteiger partial charge in [0.15, 0.2) is 9.84 Å². The van der Waals surface area contributed by atoms with Gasteiger partial charge in [-0.3, -0.25) is 29.7 Å². The number of halogens is 1. The van der Waals surface area contributed by atoms with E-state index in [1.54, 1.807) is 30.3 Å². The fourth-order valence-electron chi connectivity index (χ4n) is 4.39. The lowest BCUT2D eigenvalue weighted by atomic mass is 10.2. The molecule has 3 aromatic rings. The number of anilines is 6. The summed E-state index contributed by atoms with van der Waals surface area (Å²) in [4.78, 5) is 29.7. The first-order valence-electron chi connectivity index (χ1n) is 16.2. The maximum atomic E-state index is 12.0. The van der Waals surface area contributed by atoms with Gasteiger partial charge in [-0.2, -0.15) is 0 Å². The third-order valence-electron chi connectivity index (χ3n) is 7.21. The molecule has 3 aliphatic carbocycles. The van der Waals surface area contributed by atoms with Gasteiger partial charge >= 0.3 is 0 Å². The second kappa shape index (κ2) is 19.6. The van der Waals surface area contributed by atoms with E-state index in [-0.39, 0.29) is 44.5 Å². The number of non-ortho nitro benzene ring substituents is 2. The van der Waals surface area contributed by atoms with Crippen LogP contribution in [-0.2, 0) is 39.5 Å². The molecule has 3 fully saturated rings. The first-order valence-corrected chi connectivity index (χ1v) is 21.9. The van der Waals surface area contributed by atoms with Gasteiger partial charge in [-0.1, -0.05) is 0 Å². The molecule has 0 saturated heterocycles. The lowest BCUT2D eigenvalue weighted by Crippen LogP contribution is -2.18. The van der Waals surface area contributed by atoms with Gasteiger partial charge in [-0.05, 0) is 87.5 Å². The van der Waals surface area contributed by atoms with E-state index in [4.69, 9.17) is 33.6 Å². The number of sulfonamides is 1. The number of hydrogen-bond acceptors (Lipinski definition) is 16. The number of benzene rings is 3. The number of sulfone groups is 1. The largest absolute Gasteiger partial charge is 0.399 e. The number of carbonyl (C=O) groups excluding carboxylic acids is 1. The van der Waals surface area contributed by atoms with E-state index in [0.29, 0.717) is 59.7 Å². The van der Waals surface area contributed by atoms with Crippen molar-refractivity contribution in [1.29, 1.82) is 0 Å². The van der Waals surface area contributed by atoms with Gasteiger partial charge in [-0.25, -0.2) is 25.3 Å². The minimum Gasteiger partial charge on any atom is -0.399 e. The van der Waals surface area contributed by atoms with Crippen molar-refractivity contribution in [2.24, 2.45) is 5.73 Å². The molecule has 3 saturated carbocycles. The van der Waals surface area contributed by atoms with Crippen LogP contribution in [0.3, 0.4) is 0 Å².